The number of hydrogen-bond acceptors (Lipinski definition) is 4. The fourth-order valence-electron chi connectivity index (χ4n) is 2.31. The number of nitrogens with zero attached hydrogens (tertiary/aromatic N) is 1. The Morgan fingerprint density at radius 1 is 1.24 bits per heavy atom. The molecular formula is C16H23N3O2. The van der Waals surface area contributed by atoms with Crippen LogP contribution >= 0.6 is 0 Å². The molecule has 5 nitrogen and oxygen atoms in total. The van der Waals surface area contributed by atoms with Crippen molar-refractivity contribution in [2.45, 2.75) is 25.8 Å². The maximum Gasteiger partial charge on any atom is 0.160 e. The summed E-state index contributed by atoms with van der Waals surface area (Å²) in [6.07, 6.45) is 5.47. The predicted molar refractivity (Wildman–Crippen MR) is 83.0 cm³/mol. The van der Waals surface area contributed by atoms with Crippen LogP contribution in [0.5, 0.6) is 11.5 Å². The van der Waals surface area contributed by atoms with Gasteiger partial charge in [0, 0.05) is 30.9 Å². The van der Waals surface area contributed by atoms with Gasteiger partial charge < -0.3 is 19.8 Å². The second-order valence-electron chi connectivity index (χ2n) is 5.08. The zero-order chi connectivity index (χ0) is 15.1. The monoisotopic (exact) mass is 289 g/mol. The Morgan fingerprint density at radius 2 is 2.05 bits per heavy atom. The number of ether oxygens (including phenoxy) is 2. The molecule has 5 heteroatoms. The molecular weight excluding hydrogens is 266 g/mol. The summed E-state index contributed by atoms with van der Waals surface area (Å²) < 4.78 is 10.6. The lowest BCUT2D eigenvalue weighted by Gasteiger charge is -2.15. The number of benzene rings is 1. The summed E-state index contributed by atoms with van der Waals surface area (Å²) in [5.74, 6) is 1.54. The van der Waals surface area contributed by atoms with Crippen LogP contribution in [-0.4, -0.2) is 36.8 Å². The summed E-state index contributed by atoms with van der Waals surface area (Å²) in [6.45, 7) is 3.11. The maximum absolute atomic E-state index is 5.33. The van der Waals surface area contributed by atoms with Crippen LogP contribution in [0, 0.1) is 0 Å². The third-order valence-corrected chi connectivity index (χ3v) is 3.43. The van der Waals surface area contributed by atoms with E-state index >= 15 is 0 Å². The van der Waals surface area contributed by atoms with Gasteiger partial charge in [0.2, 0.25) is 0 Å². The second-order valence-corrected chi connectivity index (χ2v) is 5.08. The van der Waals surface area contributed by atoms with Crippen molar-refractivity contribution in [3.05, 3.63) is 42.0 Å². The van der Waals surface area contributed by atoms with Crippen LogP contribution in [0.4, 0.5) is 0 Å². The SMILES string of the molecule is COc1ccc(C[C@H](C)NCCc2cnc[nH]2)cc1OC. The van der Waals surface area contributed by atoms with Gasteiger partial charge in [-0.15, -0.1) is 0 Å². The zero-order valence-electron chi connectivity index (χ0n) is 12.8. The number of nitrogens with one attached hydrogen (secondary N) is 2. The summed E-state index contributed by atoms with van der Waals surface area (Å²) in [5.41, 5.74) is 2.38. The van der Waals surface area contributed by atoms with Gasteiger partial charge >= 0.3 is 0 Å². The van der Waals surface area contributed by atoms with Crippen molar-refractivity contribution in [1.29, 1.82) is 0 Å². The van der Waals surface area contributed by atoms with E-state index in [4.69, 9.17) is 9.47 Å². The summed E-state index contributed by atoms with van der Waals surface area (Å²) >= 11 is 0. The quantitative estimate of drug-likeness (QED) is 0.782. The molecule has 0 unspecified atom stereocenters. The van der Waals surface area contributed by atoms with Crippen LogP contribution in [0.2, 0.25) is 0 Å². The molecule has 0 aliphatic rings. The number of hydrogen-bond donors (Lipinski definition) is 2. The third kappa shape index (κ3) is 4.49. The van der Waals surface area contributed by atoms with Gasteiger partial charge in [-0.25, -0.2) is 4.98 Å². The molecule has 0 radical (unpaired) electrons. The molecule has 1 aromatic heterocycles. The number of aromatic nitrogens is 2. The summed E-state index contributed by atoms with van der Waals surface area (Å²) in [7, 11) is 3.31. The first-order valence-corrected chi connectivity index (χ1v) is 7.14. The molecule has 0 amide bonds. The van der Waals surface area contributed by atoms with E-state index in [0.29, 0.717) is 6.04 Å². The number of H-pyrrole nitrogens is 1. The van der Waals surface area contributed by atoms with Gasteiger partial charge in [-0.05, 0) is 31.0 Å². The largest absolute Gasteiger partial charge is 0.493 e. The smallest absolute Gasteiger partial charge is 0.160 e. The van der Waals surface area contributed by atoms with E-state index < -0.39 is 0 Å². The van der Waals surface area contributed by atoms with E-state index in [-0.39, 0.29) is 0 Å². The van der Waals surface area contributed by atoms with Crippen LogP contribution < -0.4 is 14.8 Å². The minimum absolute atomic E-state index is 0.394. The van der Waals surface area contributed by atoms with Gasteiger partial charge in [0.1, 0.15) is 0 Å². The van der Waals surface area contributed by atoms with Crippen LogP contribution in [-0.2, 0) is 12.8 Å². The van der Waals surface area contributed by atoms with Crippen LogP contribution in [0.25, 0.3) is 0 Å². The molecule has 1 heterocycles. The van der Waals surface area contributed by atoms with E-state index in [0.717, 1.165) is 36.6 Å². The van der Waals surface area contributed by atoms with Crippen molar-refractivity contribution in [2.24, 2.45) is 0 Å². The summed E-state index contributed by atoms with van der Waals surface area (Å²) in [5, 5.41) is 3.52. The van der Waals surface area contributed by atoms with Crippen molar-refractivity contribution in [3.8, 4) is 11.5 Å². The fourth-order valence-corrected chi connectivity index (χ4v) is 2.31. The molecule has 2 aromatic rings. The van der Waals surface area contributed by atoms with E-state index in [1.807, 2.05) is 18.3 Å². The molecule has 0 fully saturated rings. The van der Waals surface area contributed by atoms with Gasteiger partial charge in [-0.1, -0.05) is 6.07 Å². The van der Waals surface area contributed by atoms with Gasteiger partial charge in [-0.3, -0.25) is 0 Å². The van der Waals surface area contributed by atoms with E-state index in [9.17, 15) is 0 Å². The highest BCUT2D eigenvalue weighted by atomic mass is 16.5. The average Bonchev–Trinajstić information content (AvgIpc) is 3.00. The normalized spacial score (nSPS) is 12.1. The Kier molecular flexibility index (Phi) is 5.63. The van der Waals surface area contributed by atoms with Crippen LogP contribution in [0.1, 0.15) is 18.2 Å². The summed E-state index contributed by atoms with van der Waals surface area (Å²) in [6, 6.07) is 6.46. The van der Waals surface area contributed by atoms with Crippen molar-refractivity contribution < 1.29 is 9.47 Å². The second kappa shape index (κ2) is 7.69. The standard InChI is InChI=1S/C16H23N3O2/c1-12(18-7-6-14-10-17-11-19-14)8-13-4-5-15(20-2)16(9-13)21-3/h4-5,9-12,18H,6-8H2,1-3H3,(H,17,19)/t12-/m0/s1. The molecule has 0 aliphatic carbocycles. The van der Waals surface area contributed by atoms with Gasteiger partial charge in [0.05, 0.1) is 20.5 Å². The number of methoxy groups -OCH3 is 2. The summed E-state index contributed by atoms with van der Waals surface area (Å²) in [4.78, 5) is 7.12. The molecule has 0 spiro atoms. The molecule has 114 valence electrons. The Hall–Kier alpha value is -2.01. The zero-order valence-corrected chi connectivity index (χ0v) is 12.8. The average molecular weight is 289 g/mol. The maximum atomic E-state index is 5.33. The van der Waals surface area contributed by atoms with Gasteiger partial charge in [-0.2, -0.15) is 0 Å². The predicted octanol–water partition coefficient (Wildman–Crippen LogP) is 2.19. The lowest BCUT2D eigenvalue weighted by molar-refractivity contribution is 0.354. The first kappa shape index (κ1) is 15.4. The Labute approximate surface area is 125 Å². The minimum atomic E-state index is 0.394. The van der Waals surface area contributed by atoms with Gasteiger partial charge in [0.25, 0.3) is 0 Å². The number of aromatic amines is 1. The van der Waals surface area contributed by atoms with E-state index in [2.05, 4.69) is 28.3 Å². The molecule has 2 N–H and O–H groups in total. The van der Waals surface area contributed by atoms with Crippen molar-refractivity contribution >= 4 is 0 Å². The van der Waals surface area contributed by atoms with Crippen LogP contribution in [0.3, 0.4) is 0 Å². The molecule has 0 saturated carbocycles. The Balaban J connectivity index is 1.83. The third-order valence-electron chi connectivity index (χ3n) is 3.43. The molecule has 1 aromatic carbocycles. The first-order chi connectivity index (χ1) is 10.2. The van der Waals surface area contributed by atoms with Crippen molar-refractivity contribution in [3.63, 3.8) is 0 Å². The molecule has 0 bridgehead atoms. The Morgan fingerprint density at radius 3 is 2.71 bits per heavy atom. The molecule has 21 heavy (non-hydrogen) atoms. The molecule has 2 rings (SSSR count). The molecule has 1 atom stereocenters. The highest BCUT2D eigenvalue weighted by Gasteiger charge is 2.08. The van der Waals surface area contributed by atoms with E-state index in [1.165, 1.54) is 5.56 Å². The lowest BCUT2D eigenvalue weighted by Crippen LogP contribution is -2.30. The fraction of sp³-hybridized carbons (Fsp3) is 0.438. The number of rotatable bonds is 8. The van der Waals surface area contributed by atoms with E-state index in [1.54, 1.807) is 20.5 Å². The van der Waals surface area contributed by atoms with Crippen molar-refractivity contribution in [2.75, 3.05) is 20.8 Å². The number of imidazole rings is 1. The highest BCUT2D eigenvalue weighted by molar-refractivity contribution is 5.43. The minimum Gasteiger partial charge on any atom is -0.493 e. The topological polar surface area (TPSA) is 59.2 Å². The Bertz CT molecular complexity index is 540. The van der Waals surface area contributed by atoms with Crippen molar-refractivity contribution in [1.82, 2.24) is 15.3 Å². The molecule has 0 aliphatic heterocycles. The van der Waals surface area contributed by atoms with Crippen LogP contribution in [0.15, 0.2) is 30.7 Å². The molecule has 0 saturated heterocycles. The highest BCUT2D eigenvalue weighted by Crippen LogP contribution is 2.27. The van der Waals surface area contributed by atoms with Gasteiger partial charge in [0.15, 0.2) is 11.5 Å². The first-order valence-electron chi connectivity index (χ1n) is 7.14. The lowest BCUT2D eigenvalue weighted by atomic mass is 10.1.